The first-order valence-electron chi connectivity index (χ1n) is 6.49. The molecule has 1 aliphatic heterocycles. The van der Waals surface area contributed by atoms with Crippen molar-refractivity contribution in [3.8, 4) is 0 Å². The summed E-state index contributed by atoms with van der Waals surface area (Å²) in [4.78, 5) is 24.2. The van der Waals surface area contributed by atoms with Gasteiger partial charge in [0, 0.05) is 19.1 Å². The van der Waals surface area contributed by atoms with Gasteiger partial charge in [-0.1, -0.05) is 0 Å². The number of hydrogen-bond donors (Lipinski definition) is 1. The van der Waals surface area contributed by atoms with Crippen molar-refractivity contribution in [2.45, 2.75) is 25.3 Å². The number of amides is 1. The molecule has 2 rings (SSSR count). The van der Waals surface area contributed by atoms with Crippen LogP contribution in [0, 0.1) is 15.9 Å². The highest BCUT2D eigenvalue weighted by molar-refractivity contribution is 5.98. The highest BCUT2D eigenvalue weighted by Gasteiger charge is 2.30. The van der Waals surface area contributed by atoms with E-state index in [-0.39, 0.29) is 11.6 Å². The lowest BCUT2D eigenvalue weighted by Gasteiger charge is -2.35. The lowest BCUT2D eigenvalue weighted by Crippen LogP contribution is -2.47. The summed E-state index contributed by atoms with van der Waals surface area (Å²) >= 11 is 0. The second-order valence-corrected chi connectivity index (χ2v) is 4.80. The molecule has 0 radical (unpaired) electrons. The van der Waals surface area contributed by atoms with Crippen LogP contribution in [0.1, 0.15) is 29.6 Å². The minimum atomic E-state index is -0.738. The van der Waals surface area contributed by atoms with Crippen molar-refractivity contribution < 1.29 is 14.1 Å². The second-order valence-electron chi connectivity index (χ2n) is 4.80. The molecule has 1 saturated heterocycles. The molecule has 1 aromatic rings. The monoisotopic (exact) mass is 281 g/mol. The van der Waals surface area contributed by atoms with Crippen molar-refractivity contribution in [2.75, 3.05) is 13.1 Å². The van der Waals surface area contributed by atoms with Crippen LogP contribution in [0.25, 0.3) is 0 Å². The van der Waals surface area contributed by atoms with Gasteiger partial charge in [0.15, 0.2) is 0 Å². The van der Waals surface area contributed by atoms with Crippen LogP contribution in [-0.2, 0) is 0 Å². The predicted molar refractivity (Wildman–Crippen MR) is 70.8 cm³/mol. The van der Waals surface area contributed by atoms with E-state index in [4.69, 9.17) is 5.73 Å². The standard InChI is InChI=1S/C13H16FN3O3/c14-9-4-5-11(12(7-9)17(19)20)13(18)16-6-2-1-3-10(16)8-15/h4-5,7,10H,1-3,6,8,15H2. The summed E-state index contributed by atoms with van der Waals surface area (Å²) in [5.74, 6) is -1.19. The summed E-state index contributed by atoms with van der Waals surface area (Å²) < 4.78 is 13.1. The molecule has 0 aliphatic carbocycles. The van der Waals surface area contributed by atoms with E-state index in [0.29, 0.717) is 13.1 Å². The molecule has 2 N–H and O–H groups in total. The molecule has 20 heavy (non-hydrogen) atoms. The zero-order chi connectivity index (χ0) is 14.7. The van der Waals surface area contributed by atoms with E-state index in [1.54, 1.807) is 4.90 Å². The maximum absolute atomic E-state index is 13.1. The van der Waals surface area contributed by atoms with Gasteiger partial charge in [0.05, 0.1) is 11.0 Å². The van der Waals surface area contributed by atoms with Gasteiger partial charge in [-0.25, -0.2) is 4.39 Å². The number of nitrogens with zero attached hydrogens (tertiary/aromatic N) is 2. The quantitative estimate of drug-likeness (QED) is 0.674. The molecule has 1 atom stereocenters. The molecule has 6 nitrogen and oxygen atoms in total. The van der Waals surface area contributed by atoms with Gasteiger partial charge < -0.3 is 10.6 Å². The largest absolute Gasteiger partial charge is 0.334 e. The van der Waals surface area contributed by atoms with Crippen LogP contribution in [0.2, 0.25) is 0 Å². The molecule has 1 fully saturated rings. The fourth-order valence-electron chi connectivity index (χ4n) is 2.50. The zero-order valence-corrected chi connectivity index (χ0v) is 10.9. The molecule has 1 aromatic carbocycles. The van der Waals surface area contributed by atoms with Gasteiger partial charge >= 0.3 is 0 Å². The molecule has 1 unspecified atom stereocenters. The van der Waals surface area contributed by atoms with Crippen molar-refractivity contribution in [2.24, 2.45) is 5.73 Å². The summed E-state index contributed by atoms with van der Waals surface area (Å²) in [5, 5.41) is 11.0. The molecule has 0 spiro atoms. The number of piperidine rings is 1. The van der Waals surface area contributed by atoms with Crippen LogP contribution < -0.4 is 5.73 Å². The topological polar surface area (TPSA) is 89.5 Å². The number of hydrogen-bond acceptors (Lipinski definition) is 4. The van der Waals surface area contributed by atoms with Crippen LogP contribution in [0.5, 0.6) is 0 Å². The first-order chi connectivity index (χ1) is 9.54. The Morgan fingerprint density at radius 2 is 2.25 bits per heavy atom. The normalized spacial score (nSPS) is 18.9. The molecule has 1 aliphatic rings. The highest BCUT2D eigenvalue weighted by Crippen LogP contribution is 2.25. The van der Waals surface area contributed by atoms with E-state index in [0.717, 1.165) is 37.5 Å². The van der Waals surface area contributed by atoms with Crippen LogP contribution in [0.3, 0.4) is 0 Å². The van der Waals surface area contributed by atoms with Crippen LogP contribution in [0.15, 0.2) is 18.2 Å². The van der Waals surface area contributed by atoms with E-state index in [1.165, 1.54) is 0 Å². The number of nitro benzene ring substituents is 1. The maximum Gasteiger partial charge on any atom is 0.285 e. The van der Waals surface area contributed by atoms with Crippen LogP contribution in [-0.4, -0.2) is 34.9 Å². The smallest absolute Gasteiger partial charge is 0.285 e. The van der Waals surface area contributed by atoms with Gasteiger partial charge in [-0.15, -0.1) is 0 Å². The SMILES string of the molecule is NCC1CCCCN1C(=O)c1ccc(F)cc1[N+](=O)[O-]. The third kappa shape index (κ3) is 2.77. The Bertz CT molecular complexity index is 536. The van der Waals surface area contributed by atoms with E-state index in [2.05, 4.69) is 0 Å². The number of benzene rings is 1. The molecule has 108 valence electrons. The Hall–Kier alpha value is -2.02. The number of carbonyl (C=O) groups excluding carboxylic acids is 1. The van der Waals surface area contributed by atoms with E-state index in [9.17, 15) is 19.3 Å². The fraction of sp³-hybridized carbons (Fsp3) is 0.462. The molecule has 0 bridgehead atoms. The van der Waals surface area contributed by atoms with E-state index < -0.39 is 22.3 Å². The molecule has 1 heterocycles. The van der Waals surface area contributed by atoms with Gasteiger partial charge in [0.1, 0.15) is 11.4 Å². The third-order valence-electron chi connectivity index (χ3n) is 3.55. The first-order valence-corrected chi connectivity index (χ1v) is 6.49. The number of halogens is 1. The van der Waals surface area contributed by atoms with Gasteiger partial charge in [-0.05, 0) is 31.4 Å². The summed E-state index contributed by atoms with van der Waals surface area (Å²) in [6, 6.07) is 2.88. The molecule has 0 aromatic heterocycles. The molecular formula is C13H16FN3O3. The van der Waals surface area contributed by atoms with Gasteiger partial charge in [-0.2, -0.15) is 0 Å². The number of carbonyl (C=O) groups is 1. The average Bonchev–Trinajstić information content (AvgIpc) is 2.46. The van der Waals surface area contributed by atoms with Gasteiger partial charge in [0.25, 0.3) is 11.6 Å². The Morgan fingerprint density at radius 1 is 1.50 bits per heavy atom. The van der Waals surface area contributed by atoms with Crippen molar-refractivity contribution in [1.82, 2.24) is 4.90 Å². The second kappa shape index (κ2) is 5.96. The van der Waals surface area contributed by atoms with Gasteiger partial charge in [-0.3, -0.25) is 14.9 Å². The zero-order valence-electron chi connectivity index (χ0n) is 10.9. The van der Waals surface area contributed by atoms with E-state index >= 15 is 0 Å². The Kier molecular flexibility index (Phi) is 4.29. The molecular weight excluding hydrogens is 265 g/mol. The Morgan fingerprint density at radius 3 is 2.90 bits per heavy atom. The number of nitro groups is 1. The molecule has 0 saturated carbocycles. The number of rotatable bonds is 3. The number of nitrogens with two attached hydrogens (primary N) is 1. The van der Waals surface area contributed by atoms with E-state index in [1.807, 2.05) is 0 Å². The van der Waals surface area contributed by atoms with Crippen molar-refractivity contribution in [1.29, 1.82) is 0 Å². The molecule has 1 amide bonds. The lowest BCUT2D eigenvalue weighted by atomic mass is 10.0. The fourth-order valence-corrected chi connectivity index (χ4v) is 2.50. The number of likely N-dealkylation sites (tertiary alicyclic amines) is 1. The third-order valence-corrected chi connectivity index (χ3v) is 3.55. The predicted octanol–water partition coefficient (Wildman–Crippen LogP) is 1.69. The van der Waals surface area contributed by atoms with Gasteiger partial charge in [0.2, 0.25) is 0 Å². The summed E-state index contributed by atoms with van der Waals surface area (Å²) in [7, 11) is 0. The van der Waals surface area contributed by atoms with Crippen molar-refractivity contribution in [3.05, 3.63) is 39.7 Å². The van der Waals surface area contributed by atoms with Crippen LogP contribution in [0.4, 0.5) is 10.1 Å². The Balaban J connectivity index is 2.35. The minimum Gasteiger partial charge on any atom is -0.334 e. The minimum absolute atomic E-state index is 0.0863. The summed E-state index contributed by atoms with van der Waals surface area (Å²) in [5.41, 5.74) is 5.05. The Labute approximate surface area is 115 Å². The van der Waals surface area contributed by atoms with Crippen LogP contribution >= 0.6 is 0 Å². The van der Waals surface area contributed by atoms with Crippen molar-refractivity contribution in [3.63, 3.8) is 0 Å². The molecule has 7 heteroatoms. The average molecular weight is 281 g/mol. The van der Waals surface area contributed by atoms with Crippen molar-refractivity contribution >= 4 is 11.6 Å². The first kappa shape index (κ1) is 14.4. The summed E-state index contributed by atoms with van der Waals surface area (Å²) in [6.45, 7) is 0.843. The highest BCUT2D eigenvalue weighted by atomic mass is 19.1. The maximum atomic E-state index is 13.1. The summed E-state index contributed by atoms with van der Waals surface area (Å²) in [6.07, 6.45) is 2.62. The lowest BCUT2D eigenvalue weighted by molar-refractivity contribution is -0.385.